The predicted molar refractivity (Wildman–Crippen MR) is 87.8 cm³/mol. The maximum Gasteiger partial charge on any atom is 0.272 e. The highest BCUT2D eigenvalue weighted by atomic mass is 16.2. The molecule has 122 valence electrons. The molecule has 1 fully saturated rings. The Balaban J connectivity index is 1.79. The molecular weight excluding hydrogens is 290 g/mol. The Labute approximate surface area is 136 Å². The minimum Gasteiger partial charge on any atom is -0.329 e. The van der Waals surface area contributed by atoms with E-state index in [0.717, 1.165) is 31.6 Å². The lowest BCUT2D eigenvalue weighted by molar-refractivity contribution is 0.0721. The minimum absolute atomic E-state index is 0.0340. The molecule has 0 N–H and O–H groups in total. The Morgan fingerprint density at radius 3 is 2.78 bits per heavy atom. The summed E-state index contributed by atoms with van der Waals surface area (Å²) >= 11 is 0. The Bertz CT molecular complexity index is 677. The number of nitrogens with zero attached hydrogens (tertiary/aromatic N) is 5. The van der Waals surface area contributed by atoms with Crippen molar-refractivity contribution in [3.8, 4) is 0 Å². The van der Waals surface area contributed by atoms with Gasteiger partial charge >= 0.3 is 0 Å². The van der Waals surface area contributed by atoms with Crippen LogP contribution in [-0.2, 0) is 13.6 Å². The summed E-state index contributed by atoms with van der Waals surface area (Å²) in [4.78, 5) is 21.4. The van der Waals surface area contributed by atoms with Crippen molar-refractivity contribution in [1.29, 1.82) is 0 Å². The number of carbonyl (C=O) groups excluding carboxylic acids is 1. The number of rotatable bonds is 4. The first kappa shape index (κ1) is 15.7. The van der Waals surface area contributed by atoms with Crippen molar-refractivity contribution in [2.24, 2.45) is 7.05 Å². The highest BCUT2D eigenvalue weighted by Gasteiger charge is 2.32. The topological polar surface area (TPSA) is 54.3 Å². The zero-order valence-corrected chi connectivity index (χ0v) is 13.9. The molecule has 1 aliphatic heterocycles. The van der Waals surface area contributed by atoms with Gasteiger partial charge in [-0.25, -0.2) is 0 Å². The molecule has 0 aliphatic carbocycles. The van der Waals surface area contributed by atoms with Gasteiger partial charge in [-0.1, -0.05) is 6.07 Å². The molecule has 0 saturated carbocycles. The van der Waals surface area contributed by atoms with Crippen LogP contribution in [0.1, 0.15) is 40.6 Å². The number of carbonyl (C=O) groups is 1. The van der Waals surface area contributed by atoms with E-state index in [1.165, 1.54) is 5.56 Å². The number of aromatic nitrogens is 3. The maximum absolute atomic E-state index is 12.8. The van der Waals surface area contributed by atoms with E-state index in [-0.39, 0.29) is 11.9 Å². The molecule has 3 rings (SSSR count). The molecular formula is C17H23N5O. The number of hydrogen-bond acceptors (Lipinski definition) is 4. The van der Waals surface area contributed by atoms with E-state index in [0.29, 0.717) is 5.69 Å². The van der Waals surface area contributed by atoms with Crippen molar-refractivity contribution in [3.63, 3.8) is 0 Å². The van der Waals surface area contributed by atoms with Crippen molar-refractivity contribution in [2.45, 2.75) is 25.4 Å². The monoisotopic (exact) mass is 313 g/mol. The minimum atomic E-state index is 0.0340. The molecule has 2 aromatic heterocycles. The van der Waals surface area contributed by atoms with Crippen LogP contribution in [0.2, 0.25) is 0 Å². The smallest absolute Gasteiger partial charge is 0.272 e. The summed E-state index contributed by atoms with van der Waals surface area (Å²) in [6, 6.07) is 5.99. The Hall–Kier alpha value is -2.21. The second kappa shape index (κ2) is 6.50. The first-order valence-corrected chi connectivity index (χ1v) is 7.95. The van der Waals surface area contributed by atoms with Crippen molar-refractivity contribution in [2.75, 3.05) is 20.6 Å². The van der Waals surface area contributed by atoms with E-state index in [2.05, 4.69) is 27.1 Å². The van der Waals surface area contributed by atoms with Gasteiger partial charge in [0.05, 0.1) is 11.7 Å². The van der Waals surface area contributed by atoms with Crippen LogP contribution in [0, 0.1) is 0 Å². The SMILES string of the molecule is CN(C)Cc1ccc([C@H]2CCCN2C(=O)c2ccnn2C)nc1. The van der Waals surface area contributed by atoms with E-state index in [4.69, 9.17) is 0 Å². The Morgan fingerprint density at radius 2 is 2.17 bits per heavy atom. The number of hydrogen-bond donors (Lipinski definition) is 0. The van der Waals surface area contributed by atoms with E-state index < -0.39 is 0 Å². The molecule has 1 atom stereocenters. The summed E-state index contributed by atoms with van der Waals surface area (Å²) in [5.41, 5.74) is 2.78. The van der Waals surface area contributed by atoms with Crippen LogP contribution in [0.3, 0.4) is 0 Å². The van der Waals surface area contributed by atoms with Crippen LogP contribution in [0.4, 0.5) is 0 Å². The van der Waals surface area contributed by atoms with E-state index in [1.807, 2.05) is 25.2 Å². The molecule has 1 aliphatic rings. The van der Waals surface area contributed by atoms with Crippen molar-refractivity contribution < 1.29 is 4.79 Å². The largest absolute Gasteiger partial charge is 0.329 e. The first-order chi connectivity index (χ1) is 11.1. The average Bonchev–Trinajstić information content (AvgIpc) is 3.15. The third-order valence-corrected chi connectivity index (χ3v) is 4.24. The fraction of sp³-hybridized carbons (Fsp3) is 0.471. The van der Waals surface area contributed by atoms with Gasteiger partial charge in [-0.05, 0) is 44.6 Å². The van der Waals surface area contributed by atoms with Crippen LogP contribution in [0.15, 0.2) is 30.6 Å². The Morgan fingerprint density at radius 1 is 1.35 bits per heavy atom. The number of likely N-dealkylation sites (tertiary alicyclic amines) is 1. The molecule has 2 aromatic rings. The van der Waals surface area contributed by atoms with Gasteiger partial charge in [0, 0.05) is 32.5 Å². The van der Waals surface area contributed by atoms with Gasteiger partial charge in [-0.3, -0.25) is 14.5 Å². The number of aryl methyl sites for hydroxylation is 1. The summed E-state index contributed by atoms with van der Waals surface area (Å²) in [7, 11) is 5.88. The van der Waals surface area contributed by atoms with Gasteiger partial charge in [0.15, 0.2) is 0 Å². The number of pyridine rings is 1. The van der Waals surface area contributed by atoms with Gasteiger partial charge in [0.2, 0.25) is 0 Å². The van der Waals surface area contributed by atoms with Crippen LogP contribution in [0.5, 0.6) is 0 Å². The maximum atomic E-state index is 12.8. The second-order valence-corrected chi connectivity index (χ2v) is 6.33. The molecule has 0 bridgehead atoms. The molecule has 0 unspecified atom stereocenters. The van der Waals surface area contributed by atoms with Gasteiger partial charge < -0.3 is 9.80 Å². The molecule has 0 radical (unpaired) electrons. The molecule has 3 heterocycles. The molecule has 23 heavy (non-hydrogen) atoms. The molecule has 6 nitrogen and oxygen atoms in total. The standard InChI is InChI=1S/C17H23N5O/c1-20(2)12-13-6-7-14(18-11-13)15-5-4-10-22(15)17(23)16-8-9-19-21(16)3/h6-9,11,15H,4-5,10,12H2,1-3H3/t15-/m1/s1. The van der Waals surface area contributed by atoms with Crippen molar-refractivity contribution >= 4 is 5.91 Å². The first-order valence-electron chi connectivity index (χ1n) is 7.95. The van der Waals surface area contributed by atoms with Gasteiger partial charge in [-0.15, -0.1) is 0 Å². The third-order valence-electron chi connectivity index (χ3n) is 4.24. The Kier molecular flexibility index (Phi) is 4.43. The van der Waals surface area contributed by atoms with Gasteiger partial charge in [0.25, 0.3) is 5.91 Å². The van der Waals surface area contributed by atoms with E-state index >= 15 is 0 Å². The molecule has 0 aromatic carbocycles. The van der Waals surface area contributed by atoms with E-state index in [1.54, 1.807) is 24.0 Å². The van der Waals surface area contributed by atoms with Crippen LogP contribution in [-0.4, -0.2) is 51.1 Å². The van der Waals surface area contributed by atoms with Gasteiger partial charge in [0.1, 0.15) is 5.69 Å². The normalized spacial score (nSPS) is 17.9. The van der Waals surface area contributed by atoms with Gasteiger partial charge in [-0.2, -0.15) is 5.10 Å². The van der Waals surface area contributed by atoms with E-state index in [9.17, 15) is 4.79 Å². The third kappa shape index (κ3) is 3.27. The zero-order chi connectivity index (χ0) is 16.4. The quantitative estimate of drug-likeness (QED) is 0.864. The second-order valence-electron chi connectivity index (χ2n) is 6.33. The molecule has 1 saturated heterocycles. The summed E-state index contributed by atoms with van der Waals surface area (Å²) in [5, 5.41) is 4.09. The lowest BCUT2D eigenvalue weighted by Gasteiger charge is -2.24. The summed E-state index contributed by atoms with van der Waals surface area (Å²) in [6.07, 6.45) is 5.55. The molecule has 6 heteroatoms. The van der Waals surface area contributed by atoms with Crippen molar-refractivity contribution in [1.82, 2.24) is 24.6 Å². The summed E-state index contributed by atoms with van der Waals surface area (Å²) in [6.45, 7) is 1.64. The molecule has 0 spiro atoms. The molecule has 1 amide bonds. The van der Waals surface area contributed by atoms with Crippen LogP contribution >= 0.6 is 0 Å². The zero-order valence-electron chi connectivity index (χ0n) is 13.9. The predicted octanol–water partition coefficient (Wildman–Crippen LogP) is 1.85. The lowest BCUT2D eigenvalue weighted by atomic mass is 10.1. The lowest BCUT2D eigenvalue weighted by Crippen LogP contribution is -2.32. The highest BCUT2D eigenvalue weighted by molar-refractivity contribution is 5.93. The van der Waals surface area contributed by atoms with Crippen LogP contribution in [0.25, 0.3) is 0 Å². The average molecular weight is 313 g/mol. The fourth-order valence-electron chi connectivity index (χ4n) is 3.14. The number of amides is 1. The highest BCUT2D eigenvalue weighted by Crippen LogP contribution is 2.32. The van der Waals surface area contributed by atoms with Crippen molar-refractivity contribution in [3.05, 3.63) is 47.5 Å². The summed E-state index contributed by atoms with van der Waals surface area (Å²) < 4.78 is 1.63. The van der Waals surface area contributed by atoms with Crippen LogP contribution < -0.4 is 0 Å². The summed E-state index contributed by atoms with van der Waals surface area (Å²) in [5.74, 6) is 0.0340. The fourth-order valence-corrected chi connectivity index (χ4v) is 3.14.